The van der Waals surface area contributed by atoms with Crippen LogP contribution in [0.3, 0.4) is 0 Å². The second kappa shape index (κ2) is 5.65. The van der Waals surface area contributed by atoms with Crippen molar-refractivity contribution in [1.29, 1.82) is 0 Å². The highest BCUT2D eigenvalue weighted by Gasteiger charge is 2.14. The summed E-state index contributed by atoms with van der Waals surface area (Å²) in [4.78, 5) is 9.37. The molecule has 0 aliphatic carbocycles. The maximum absolute atomic E-state index is 4.43. The fourth-order valence-electron chi connectivity index (χ4n) is 2.33. The van der Waals surface area contributed by atoms with Crippen molar-refractivity contribution >= 4 is 0 Å². The van der Waals surface area contributed by atoms with Crippen molar-refractivity contribution in [1.82, 2.24) is 19.4 Å². The van der Waals surface area contributed by atoms with E-state index in [1.807, 2.05) is 6.20 Å². The van der Waals surface area contributed by atoms with Crippen LogP contribution in [0.4, 0.5) is 0 Å². The van der Waals surface area contributed by atoms with Gasteiger partial charge in [-0.1, -0.05) is 13.8 Å². The molecule has 96 valence electrons. The molecule has 1 fully saturated rings. The molecule has 4 nitrogen and oxygen atoms in total. The number of hydrogen-bond acceptors (Lipinski definition) is 3. The summed E-state index contributed by atoms with van der Waals surface area (Å²) in [5, 5.41) is 0. The van der Waals surface area contributed by atoms with Gasteiger partial charge in [0.1, 0.15) is 5.82 Å². The Morgan fingerprint density at radius 3 is 2.53 bits per heavy atom. The minimum absolute atomic E-state index is 0.512. The zero-order chi connectivity index (χ0) is 12.3. The van der Waals surface area contributed by atoms with Gasteiger partial charge in [0.25, 0.3) is 0 Å². The van der Waals surface area contributed by atoms with Gasteiger partial charge in [-0.05, 0) is 7.05 Å². The first-order chi connectivity index (χ1) is 8.16. The minimum Gasteiger partial charge on any atom is -0.333 e. The van der Waals surface area contributed by atoms with Gasteiger partial charge < -0.3 is 9.47 Å². The lowest BCUT2D eigenvalue weighted by molar-refractivity contribution is 0.149. The third kappa shape index (κ3) is 3.30. The quantitative estimate of drug-likeness (QED) is 0.786. The molecule has 1 aliphatic rings. The van der Waals surface area contributed by atoms with Crippen LogP contribution in [0.25, 0.3) is 0 Å². The van der Waals surface area contributed by atoms with E-state index in [9.17, 15) is 0 Å². The first-order valence-corrected chi connectivity index (χ1v) is 6.58. The molecule has 0 atom stereocenters. The highest BCUT2D eigenvalue weighted by molar-refractivity contribution is 4.97. The van der Waals surface area contributed by atoms with E-state index in [0.717, 1.165) is 13.1 Å². The van der Waals surface area contributed by atoms with Crippen LogP contribution in [0.2, 0.25) is 0 Å². The maximum atomic E-state index is 4.43. The monoisotopic (exact) mass is 236 g/mol. The van der Waals surface area contributed by atoms with Crippen molar-refractivity contribution in [3.05, 3.63) is 18.2 Å². The van der Waals surface area contributed by atoms with Gasteiger partial charge in [-0.2, -0.15) is 0 Å². The van der Waals surface area contributed by atoms with Gasteiger partial charge in [-0.25, -0.2) is 4.98 Å². The molecule has 17 heavy (non-hydrogen) atoms. The zero-order valence-corrected chi connectivity index (χ0v) is 11.3. The molecule has 1 aromatic rings. The summed E-state index contributed by atoms with van der Waals surface area (Å²) in [6, 6.07) is 0. The van der Waals surface area contributed by atoms with Crippen molar-refractivity contribution in [2.24, 2.45) is 0 Å². The third-order valence-electron chi connectivity index (χ3n) is 3.52. The highest BCUT2D eigenvalue weighted by Crippen LogP contribution is 2.11. The summed E-state index contributed by atoms with van der Waals surface area (Å²) in [6.45, 7) is 11.4. The molecule has 4 heteroatoms. The molecular formula is C13H24N4. The van der Waals surface area contributed by atoms with E-state index in [4.69, 9.17) is 0 Å². The normalized spacial score (nSPS) is 19.1. The van der Waals surface area contributed by atoms with Gasteiger partial charge in [0, 0.05) is 57.6 Å². The Morgan fingerprint density at radius 2 is 1.88 bits per heavy atom. The Hall–Kier alpha value is -0.870. The first kappa shape index (κ1) is 12.6. The smallest absolute Gasteiger partial charge is 0.111 e. The molecule has 0 amide bonds. The molecule has 1 aromatic heterocycles. The topological polar surface area (TPSA) is 24.3 Å². The van der Waals surface area contributed by atoms with Crippen LogP contribution in [0.1, 0.15) is 25.6 Å². The van der Waals surface area contributed by atoms with Crippen molar-refractivity contribution in [3.8, 4) is 0 Å². The predicted octanol–water partition coefficient (Wildman–Crippen LogP) is 1.25. The Labute approximate surface area is 104 Å². The van der Waals surface area contributed by atoms with Gasteiger partial charge in [0.05, 0.1) is 0 Å². The van der Waals surface area contributed by atoms with Crippen LogP contribution in [-0.2, 0) is 6.54 Å². The Balaban J connectivity index is 1.83. The molecule has 0 aromatic carbocycles. The SMILES string of the molecule is CC(C)c1nccn1CCN1CCN(C)CC1. The lowest BCUT2D eigenvalue weighted by Gasteiger charge is -2.32. The Kier molecular flexibility index (Phi) is 4.18. The average molecular weight is 236 g/mol. The van der Waals surface area contributed by atoms with Crippen molar-refractivity contribution in [3.63, 3.8) is 0 Å². The van der Waals surface area contributed by atoms with Crippen LogP contribution < -0.4 is 0 Å². The summed E-state index contributed by atoms with van der Waals surface area (Å²) in [5.41, 5.74) is 0. The minimum atomic E-state index is 0.512. The van der Waals surface area contributed by atoms with E-state index in [1.54, 1.807) is 0 Å². The molecule has 1 saturated heterocycles. The third-order valence-corrected chi connectivity index (χ3v) is 3.52. The zero-order valence-electron chi connectivity index (χ0n) is 11.3. The largest absolute Gasteiger partial charge is 0.333 e. The van der Waals surface area contributed by atoms with E-state index in [2.05, 4.69) is 46.4 Å². The number of piperazine rings is 1. The van der Waals surface area contributed by atoms with Gasteiger partial charge in [0.15, 0.2) is 0 Å². The van der Waals surface area contributed by atoms with Crippen LogP contribution in [0, 0.1) is 0 Å². The highest BCUT2D eigenvalue weighted by atomic mass is 15.3. The van der Waals surface area contributed by atoms with Gasteiger partial charge >= 0.3 is 0 Å². The average Bonchev–Trinajstić information content (AvgIpc) is 2.76. The van der Waals surface area contributed by atoms with E-state index in [-0.39, 0.29) is 0 Å². The number of nitrogens with zero attached hydrogens (tertiary/aromatic N) is 4. The molecule has 0 saturated carbocycles. The maximum Gasteiger partial charge on any atom is 0.111 e. The fraction of sp³-hybridized carbons (Fsp3) is 0.769. The number of rotatable bonds is 4. The predicted molar refractivity (Wildman–Crippen MR) is 70.3 cm³/mol. The van der Waals surface area contributed by atoms with Crippen LogP contribution in [0.5, 0.6) is 0 Å². The van der Waals surface area contributed by atoms with E-state index in [0.29, 0.717) is 5.92 Å². The molecule has 2 rings (SSSR count). The fourth-order valence-corrected chi connectivity index (χ4v) is 2.33. The van der Waals surface area contributed by atoms with Gasteiger partial charge in [0.2, 0.25) is 0 Å². The molecule has 0 unspecified atom stereocenters. The number of aromatic nitrogens is 2. The molecule has 0 bridgehead atoms. The van der Waals surface area contributed by atoms with Crippen LogP contribution in [0.15, 0.2) is 12.4 Å². The number of likely N-dealkylation sites (N-methyl/N-ethyl adjacent to an activating group) is 1. The summed E-state index contributed by atoms with van der Waals surface area (Å²) in [6.07, 6.45) is 4.02. The molecule has 1 aliphatic heterocycles. The summed E-state index contributed by atoms with van der Waals surface area (Å²) >= 11 is 0. The lowest BCUT2D eigenvalue weighted by Crippen LogP contribution is -2.45. The van der Waals surface area contributed by atoms with Crippen molar-refractivity contribution in [2.45, 2.75) is 26.3 Å². The molecular weight excluding hydrogens is 212 g/mol. The number of hydrogen-bond donors (Lipinski definition) is 0. The van der Waals surface area contributed by atoms with E-state index >= 15 is 0 Å². The second-order valence-electron chi connectivity index (χ2n) is 5.28. The second-order valence-corrected chi connectivity index (χ2v) is 5.28. The van der Waals surface area contributed by atoms with Gasteiger partial charge in [-0.3, -0.25) is 4.90 Å². The molecule has 0 radical (unpaired) electrons. The van der Waals surface area contributed by atoms with Crippen LogP contribution >= 0.6 is 0 Å². The summed E-state index contributed by atoms with van der Waals surface area (Å²) < 4.78 is 2.29. The summed E-state index contributed by atoms with van der Waals surface area (Å²) in [7, 11) is 2.20. The van der Waals surface area contributed by atoms with Crippen molar-refractivity contribution in [2.75, 3.05) is 39.8 Å². The molecule has 0 N–H and O–H groups in total. The Bertz CT molecular complexity index is 337. The van der Waals surface area contributed by atoms with Gasteiger partial charge in [-0.15, -0.1) is 0 Å². The van der Waals surface area contributed by atoms with E-state index < -0.39 is 0 Å². The molecule has 2 heterocycles. The first-order valence-electron chi connectivity index (χ1n) is 6.58. The van der Waals surface area contributed by atoms with Crippen LogP contribution in [-0.4, -0.2) is 59.1 Å². The lowest BCUT2D eigenvalue weighted by atomic mass is 10.2. The van der Waals surface area contributed by atoms with Crippen molar-refractivity contribution < 1.29 is 0 Å². The number of imidazole rings is 1. The standard InChI is InChI=1S/C13H24N4/c1-12(2)13-14-4-5-17(13)11-10-16-8-6-15(3)7-9-16/h4-5,12H,6-11H2,1-3H3. The van der Waals surface area contributed by atoms with E-state index in [1.165, 1.54) is 32.0 Å². The molecule has 0 spiro atoms. The Morgan fingerprint density at radius 1 is 1.18 bits per heavy atom. The summed E-state index contributed by atoms with van der Waals surface area (Å²) in [5.74, 6) is 1.72.